The first-order valence-electron chi connectivity index (χ1n) is 16.6. The first-order valence-corrected chi connectivity index (χ1v) is 17.5. The monoisotopic (exact) mass is 705 g/mol. The van der Waals surface area contributed by atoms with Crippen molar-refractivity contribution in [3.63, 3.8) is 0 Å². The van der Waals surface area contributed by atoms with Crippen molar-refractivity contribution in [3.05, 3.63) is 28.2 Å². The molecule has 1 aliphatic heterocycles. The van der Waals surface area contributed by atoms with E-state index in [-0.39, 0.29) is 68.5 Å². The van der Waals surface area contributed by atoms with Gasteiger partial charge >= 0.3 is 0 Å². The Labute approximate surface area is 292 Å². The van der Waals surface area contributed by atoms with Gasteiger partial charge in [0, 0.05) is 76.6 Å². The van der Waals surface area contributed by atoms with E-state index in [9.17, 15) is 33.6 Å². The molecular formula is C33H51N7O8S. The molecule has 3 unspecified atom stereocenters. The van der Waals surface area contributed by atoms with Gasteiger partial charge in [0.1, 0.15) is 22.8 Å². The molecule has 0 spiro atoms. The van der Waals surface area contributed by atoms with E-state index < -0.39 is 47.6 Å². The third-order valence-corrected chi connectivity index (χ3v) is 9.27. The number of amides is 7. The van der Waals surface area contributed by atoms with Crippen LogP contribution in [0.1, 0.15) is 88.3 Å². The van der Waals surface area contributed by atoms with Crippen LogP contribution < -0.4 is 21.3 Å². The molecule has 7 amide bonds. The van der Waals surface area contributed by atoms with Crippen molar-refractivity contribution in [2.24, 2.45) is 11.8 Å². The van der Waals surface area contributed by atoms with Crippen molar-refractivity contribution in [1.29, 1.82) is 0 Å². The molecular weight excluding hydrogens is 654 g/mol. The lowest BCUT2D eigenvalue weighted by Crippen LogP contribution is -2.49. The predicted octanol–water partition coefficient (Wildman–Crippen LogP) is 1.31. The number of hydrogen-bond donors (Lipinski definition) is 4. The Bertz CT molecular complexity index is 1350. The molecule has 272 valence electrons. The highest BCUT2D eigenvalue weighted by Gasteiger charge is 2.30. The van der Waals surface area contributed by atoms with Crippen molar-refractivity contribution < 1.29 is 38.3 Å². The quantitative estimate of drug-likeness (QED) is 0.108. The van der Waals surface area contributed by atoms with Crippen LogP contribution in [-0.4, -0.2) is 109 Å². The highest BCUT2D eigenvalue weighted by molar-refractivity contribution is 7.09. The highest BCUT2D eigenvalue weighted by Crippen LogP contribution is 2.30. The Balaban J connectivity index is 1.81. The largest absolute Gasteiger partial charge is 0.374 e. The molecule has 15 nitrogen and oxygen atoms in total. The molecule has 0 aromatic carbocycles. The van der Waals surface area contributed by atoms with E-state index in [1.807, 2.05) is 7.05 Å². The molecule has 0 bridgehead atoms. The fourth-order valence-electron chi connectivity index (χ4n) is 5.00. The van der Waals surface area contributed by atoms with Crippen molar-refractivity contribution in [3.8, 4) is 0 Å². The maximum atomic E-state index is 13.0. The molecule has 0 fully saturated rings. The fourth-order valence-corrected chi connectivity index (χ4v) is 5.89. The van der Waals surface area contributed by atoms with Crippen molar-refractivity contribution in [1.82, 2.24) is 36.1 Å². The van der Waals surface area contributed by atoms with Crippen molar-refractivity contribution >= 4 is 52.7 Å². The van der Waals surface area contributed by atoms with Crippen LogP contribution in [0.4, 0.5) is 0 Å². The van der Waals surface area contributed by atoms with Crippen LogP contribution in [0.15, 0.2) is 17.5 Å². The third-order valence-electron chi connectivity index (χ3n) is 8.34. The number of ether oxygens (including phenoxy) is 1. The molecule has 16 heteroatoms. The molecule has 1 aromatic heterocycles. The molecule has 4 atom stereocenters. The number of methoxy groups -OCH3 is 1. The normalized spacial score (nSPS) is 15.1. The zero-order valence-electron chi connectivity index (χ0n) is 29.5. The highest BCUT2D eigenvalue weighted by atomic mass is 32.1. The van der Waals surface area contributed by atoms with Gasteiger partial charge in [0.15, 0.2) is 0 Å². The van der Waals surface area contributed by atoms with Gasteiger partial charge < -0.3 is 30.9 Å². The smallest absolute Gasteiger partial charge is 0.271 e. The van der Waals surface area contributed by atoms with Crippen LogP contribution in [0, 0.1) is 11.8 Å². The van der Waals surface area contributed by atoms with Gasteiger partial charge in [-0.2, -0.15) is 0 Å². The first kappa shape index (κ1) is 41.0. The molecule has 49 heavy (non-hydrogen) atoms. The number of carbonyl (C=O) groups excluding carboxylic acids is 7. The maximum Gasteiger partial charge on any atom is 0.271 e. The topological polar surface area (TPSA) is 196 Å². The molecule has 4 N–H and O–H groups in total. The summed E-state index contributed by atoms with van der Waals surface area (Å²) in [5.74, 6) is -2.38. The second-order valence-electron chi connectivity index (χ2n) is 12.3. The van der Waals surface area contributed by atoms with Gasteiger partial charge in [-0.25, -0.2) is 4.98 Å². The van der Waals surface area contributed by atoms with Crippen molar-refractivity contribution in [2.45, 2.75) is 84.9 Å². The van der Waals surface area contributed by atoms with Crippen LogP contribution in [-0.2, 0) is 33.5 Å². The summed E-state index contributed by atoms with van der Waals surface area (Å²) in [6.07, 6.45) is 3.93. The first-order chi connectivity index (χ1) is 23.2. The van der Waals surface area contributed by atoms with Crippen molar-refractivity contribution in [2.75, 3.05) is 40.3 Å². The van der Waals surface area contributed by atoms with E-state index in [1.165, 1.54) is 11.3 Å². The number of thiazole rings is 1. The number of carbonyl (C=O) groups is 7. The summed E-state index contributed by atoms with van der Waals surface area (Å²) in [6, 6.07) is -1.02. The molecule has 0 saturated heterocycles. The molecule has 2 heterocycles. The van der Waals surface area contributed by atoms with Gasteiger partial charge in [-0.05, 0) is 18.3 Å². The summed E-state index contributed by atoms with van der Waals surface area (Å²) in [5, 5.41) is 12.5. The standard InChI is InChI=1S/C33H51N7O8S/c1-8-21(5)16-30(45)39(6)24(20(3)4)17-25(48-7)33-38-23(19-49-33)32(47)37-22(9-2)31(46)36-18-27(42)35-14-13-34-26(41)12-15-40-28(43)10-11-29(40)44/h10-11,19-22,24-25H,8-9,12-18H2,1-7H3,(H,34,41)(H,35,42)(H,36,46)(H,37,47)/t21-,22?,24?,25?/m0/s1. The summed E-state index contributed by atoms with van der Waals surface area (Å²) < 4.78 is 5.75. The molecule has 1 aliphatic rings. The zero-order valence-corrected chi connectivity index (χ0v) is 30.3. The van der Waals surface area contributed by atoms with Gasteiger partial charge in [0.05, 0.1) is 6.54 Å². The Kier molecular flexibility index (Phi) is 17.0. The average molecular weight is 706 g/mol. The van der Waals surface area contributed by atoms with E-state index in [0.717, 1.165) is 23.5 Å². The lowest BCUT2D eigenvalue weighted by molar-refractivity contribution is -0.137. The molecule has 0 aliphatic carbocycles. The van der Waals surface area contributed by atoms with Crippen LogP contribution in [0.2, 0.25) is 0 Å². The van der Waals surface area contributed by atoms with Gasteiger partial charge in [-0.3, -0.25) is 38.5 Å². The molecule has 2 rings (SSSR count). The number of imide groups is 1. The Morgan fingerprint density at radius 1 is 0.959 bits per heavy atom. The van der Waals surface area contributed by atoms with E-state index in [1.54, 1.807) is 24.3 Å². The fraction of sp³-hybridized carbons (Fsp3) is 0.636. The summed E-state index contributed by atoms with van der Waals surface area (Å²) >= 11 is 1.26. The minimum absolute atomic E-state index is 0.0419. The summed E-state index contributed by atoms with van der Waals surface area (Å²) in [4.78, 5) is 93.2. The maximum absolute atomic E-state index is 13.0. The van der Waals surface area contributed by atoms with Crippen LogP contribution in [0.5, 0.6) is 0 Å². The molecule has 1 aromatic rings. The second kappa shape index (κ2) is 20.4. The second-order valence-corrected chi connectivity index (χ2v) is 13.2. The minimum Gasteiger partial charge on any atom is -0.374 e. The average Bonchev–Trinajstić information content (AvgIpc) is 3.69. The summed E-state index contributed by atoms with van der Waals surface area (Å²) in [7, 11) is 3.38. The van der Waals surface area contributed by atoms with E-state index in [0.29, 0.717) is 17.8 Å². The molecule has 0 radical (unpaired) electrons. The molecule has 0 saturated carbocycles. The number of nitrogens with zero attached hydrogens (tertiary/aromatic N) is 3. The SMILES string of the molecule is CCC(NC(=O)c1csc(C(CC(C(C)C)N(C)C(=O)C[C@@H](C)CC)OC)n1)C(=O)NCC(=O)NCCNC(=O)CCN1C(=O)C=CC1=O. The van der Waals surface area contributed by atoms with Gasteiger partial charge in [0.25, 0.3) is 17.7 Å². The van der Waals surface area contributed by atoms with Gasteiger partial charge in [0.2, 0.25) is 23.6 Å². The Hall–Kier alpha value is -4.18. The number of aromatic nitrogens is 1. The van der Waals surface area contributed by atoms with E-state index >= 15 is 0 Å². The Morgan fingerprint density at radius 3 is 2.16 bits per heavy atom. The minimum atomic E-state index is -0.914. The number of rotatable bonds is 21. The van der Waals surface area contributed by atoms with Gasteiger partial charge in [-0.15, -0.1) is 11.3 Å². The lowest BCUT2D eigenvalue weighted by atomic mass is 9.95. The summed E-state index contributed by atoms with van der Waals surface area (Å²) in [5.41, 5.74) is 0.130. The number of nitrogens with one attached hydrogen (secondary N) is 4. The zero-order chi connectivity index (χ0) is 36.7. The van der Waals surface area contributed by atoms with Gasteiger partial charge in [-0.1, -0.05) is 41.0 Å². The number of hydrogen-bond acceptors (Lipinski definition) is 10. The Morgan fingerprint density at radius 2 is 1.59 bits per heavy atom. The van der Waals surface area contributed by atoms with Crippen LogP contribution >= 0.6 is 11.3 Å². The van der Waals surface area contributed by atoms with Crippen LogP contribution in [0.3, 0.4) is 0 Å². The third kappa shape index (κ3) is 13.0. The van der Waals surface area contributed by atoms with Crippen LogP contribution in [0.25, 0.3) is 0 Å². The lowest BCUT2D eigenvalue weighted by Gasteiger charge is -2.34. The predicted molar refractivity (Wildman–Crippen MR) is 183 cm³/mol. The van der Waals surface area contributed by atoms with E-state index in [2.05, 4.69) is 53.9 Å². The summed E-state index contributed by atoms with van der Waals surface area (Å²) in [6.45, 7) is 9.76. The van der Waals surface area contributed by atoms with E-state index in [4.69, 9.17) is 4.74 Å².